The number of amides is 2. The summed E-state index contributed by atoms with van der Waals surface area (Å²) in [7, 11) is 1.66. The van der Waals surface area contributed by atoms with Crippen LogP contribution in [0.2, 0.25) is 0 Å². The molecule has 1 aliphatic rings. The van der Waals surface area contributed by atoms with Crippen LogP contribution in [0.5, 0.6) is 0 Å². The second-order valence-corrected chi connectivity index (χ2v) is 7.90. The van der Waals surface area contributed by atoms with E-state index in [1.807, 2.05) is 42.5 Å². The number of carbonyl (C=O) groups excluding carboxylic acids is 3. The van der Waals surface area contributed by atoms with Crippen molar-refractivity contribution < 1.29 is 19.1 Å². The number of esters is 1. The van der Waals surface area contributed by atoms with Crippen LogP contribution in [0.4, 0.5) is 0 Å². The molecule has 1 aliphatic heterocycles. The molecule has 0 radical (unpaired) electrons. The number of rotatable bonds is 7. The van der Waals surface area contributed by atoms with Gasteiger partial charge < -0.3 is 14.5 Å². The molecule has 2 amide bonds. The van der Waals surface area contributed by atoms with Crippen molar-refractivity contribution in [3.8, 4) is 11.1 Å². The van der Waals surface area contributed by atoms with Crippen LogP contribution >= 0.6 is 0 Å². The number of piperidine rings is 1. The number of nitrogens with zero attached hydrogens (tertiary/aromatic N) is 2. The number of hydrogen-bond donors (Lipinski definition) is 0. The Balaban J connectivity index is 1.47. The molecule has 0 unspecified atom stereocenters. The van der Waals surface area contributed by atoms with E-state index in [-0.39, 0.29) is 36.7 Å². The first-order valence-electron chi connectivity index (χ1n) is 10.8. The molecular weight excluding hydrogens is 392 g/mol. The smallest absolute Gasteiger partial charge is 0.309 e. The molecule has 0 bridgehead atoms. The number of likely N-dealkylation sites (tertiary alicyclic amines) is 1. The molecule has 3 rings (SSSR count). The summed E-state index contributed by atoms with van der Waals surface area (Å²) in [5.41, 5.74) is 3.15. The van der Waals surface area contributed by atoms with Crippen LogP contribution in [0.3, 0.4) is 0 Å². The van der Waals surface area contributed by atoms with E-state index in [1.54, 1.807) is 18.9 Å². The Labute approximate surface area is 183 Å². The third kappa shape index (κ3) is 6.17. The molecule has 0 atom stereocenters. The Morgan fingerprint density at radius 1 is 0.968 bits per heavy atom. The van der Waals surface area contributed by atoms with E-state index >= 15 is 0 Å². The maximum atomic E-state index is 12.6. The molecule has 0 saturated carbocycles. The van der Waals surface area contributed by atoms with Crippen molar-refractivity contribution in [3.63, 3.8) is 0 Å². The zero-order chi connectivity index (χ0) is 22.2. The van der Waals surface area contributed by atoms with Crippen LogP contribution in [0.15, 0.2) is 54.6 Å². The van der Waals surface area contributed by atoms with Crippen molar-refractivity contribution in [1.29, 1.82) is 0 Å². The first-order chi connectivity index (χ1) is 15.0. The van der Waals surface area contributed by atoms with Gasteiger partial charge in [0, 0.05) is 20.1 Å². The zero-order valence-electron chi connectivity index (χ0n) is 18.3. The van der Waals surface area contributed by atoms with Crippen LogP contribution < -0.4 is 0 Å². The van der Waals surface area contributed by atoms with Gasteiger partial charge in [-0.25, -0.2) is 0 Å². The highest BCUT2D eigenvalue weighted by molar-refractivity contribution is 5.86. The molecule has 31 heavy (non-hydrogen) atoms. The number of likely N-dealkylation sites (N-methyl/N-ethyl adjacent to an activating group) is 1. The van der Waals surface area contributed by atoms with Crippen molar-refractivity contribution in [2.45, 2.75) is 26.2 Å². The average molecular weight is 423 g/mol. The minimum absolute atomic E-state index is 0.0466. The second kappa shape index (κ2) is 10.8. The topological polar surface area (TPSA) is 66.9 Å². The molecule has 6 heteroatoms. The summed E-state index contributed by atoms with van der Waals surface area (Å²) in [5, 5.41) is 0. The van der Waals surface area contributed by atoms with E-state index in [9.17, 15) is 14.4 Å². The molecule has 0 N–H and O–H groups in total. The molecule has 1 saturated heterocycles. The van der Waals surface area contributed by atoms with Gasteiger partial charge in [0.25, 0.3) is 0 Å². The first-order valence-corrected chi connectivity index (χ1v) is 10.8. The average Bonchev–Trinajstić information content (AvgIpc) is 2.80. The fourth-order valence-electron chi connectivity index (χ4n) is 3.77. The summed E-state index contributed by atoms with van der Waals surface area (Å²) in [6.07, 6.45) is 1.47. The number of ether oxygens (including phenoxy) is 1. The van der Waals surface area contributed by atoms with Gasteiger partial charge in [-0.15, -0.1) is 0 Å². The molecule has 0 aromatic heterocycles. The monoisotopic (exact) mass is 422 g/mol. The third-order valence-corrected chi connectivity index (χ3v) is 5.68. The lowest BCUT2D eigenvalue weighted by atomic mass is 9.97. The minimum atomic E-state index is -0.180. The maximum absolute atomic E-state index is 12.6. The Bertz CT molecular complexity index is 887. The molecule has 0 spiro atoms. The van der Waals surface area contributed by atoms with E-state index in [0.717, 1.165) is 16.7 Å². The van der Waals surface area contributed by atoms with Gasteiger partial charge in [-0.2, -0.15) is 0 Å². The predicted molar refractivity (Wildman–Crippen MR) is 119 cm³/mol. The molecule has 1 heterocycles. The summed E-state index contributed by atoms with van der Waals surface area (Å²) < 4.78 is 5.07. The quantitative estimate of drug-likeness (QED) is 0.643. The predicted octanol–water partition coefficient (Wildman–Crippen LogP) is 3.16. The highest BCUT2D eigenvalue weighted by Crippen LogP contribution is 2.20. The summed E-state index contributed by atoms with van der Waals surface area (Å²) >= 11 is 0. The SMILES string of the molecule is CCOC(=O)C1CCN(C(=O)CN(C)C(=O)Cc2ccc(-c3ccccc3)cc2)CC1. The van der Waals surface area contributed by atoms with E-state index < -0.39 is 0 Å². The molecule has 1 fully saturated rings. The maximum Gasteiger partial charge on any atom is 0.309 e. The van der Waals surface area contributed by atoms with E-state index in [4.69, 9.17) is 4.74 Å². The van der Waals surface area contributed by atoms with Gasteiger partial charge in [0.15, 0.2) is 0 Å². The molecule has 0 aliphatic carbocycles. The van der Waals surface area contributed by atoms with Crippen LogP contribution in [0.25, 0.3) is 11.1 Å². The van der Waals surface area contributed by atoms with E-state index in [2.05, 4.69) is 12.1 Å². The molecule has 164 valence electrons. The van der Waals surface area contributed by atoms with Crippen molar-refractivity contribution in [2.24, 2.45) is 5.92 Å². The van der Waals surface area contributed by atoms with Gasteiger partial charge in [0.1, 0.15) is 0 Å². The Kier molecular flexibility index (Phi) is 7.82. The Morgan fingerprint density at radius 3 is 2.19 bits per heavy atom. The molecular formula is C25H30N2O4. The van der Waals surface area contributed by atoms with Crippen molar-refractivity contribution in [1.82, 2.24) is 9.80 Å². The van der Waals surface area contributed by atoms with Gasteiger partial charge in [0.05, 0.1) is 25.5 Å². The van der Waals surface area contributed by atoms with Crippen LogP contribution in [-0.2, 0) is 25.5 Å². The summed E-state index contributed by atoms with van der Waals surface area (Å²) in [6, 6.07) is 18.0. The van der Waals surface area contributed by atoms with Gasteiger partial charge in [-0.05, 0) is 36.5 Å². The first kappa shape index (κ1) is 22.5. The fourth-order valence-corrected chi connectivity index (χ4v) is 3.77. The van der Waals surface area contributed by atoms with Crippen LogP contribution in [-0.4, -0.2) is 60.9 Å². The lowest BCUT2D eigenvalue weighted by Crippen LogP contribution is -2.45. The summed E-state index contributed by atoms with van der Waals surface area (Å²) in [6.45, 7) is 3.25. The lowest BCUT2D eigenvalue weighted by molar-refractivity contribution is -0.151. The molecule has 2 aromatic rings. The lowest BCUT2D eigenvalue weighted by Gasteiger charge is -2.32. The van der Waals surface area contributed by atoms with Crippen molar-refractivity contribution in [2.75, 3.05) is 33.3 Å². The van der Waals surface area contributed by atoms with Crippen LogP contribution in [0.1, 0.15) is 25.3 Å². The molecule has 6 nitrogen and oxygen atoms in total. The molecule has 2 aromatic carbocycles. The van der Waals surface area contributed by atoms with Gasteiger partial charge in [0.2, 0.25) is 11.8 Å². The van der Waals surface area contributed by atoms with E-state index in [1.165, 1.54) is 4.90 Å². The number of benzene rings is 2. The van der Waals surface area contributed by atoms with Crippen LogP contribution in [0, 0.1) is 5.92 Å². The Morgan fingerprint density at radius 2 is 1.58 bits per heavy atom. The Hall–Kier alpha value is -3.15. The van der Waals surface area contributed by atoms with Gasteiger partial charge in [-0.1, -0.05) is 54.6 Å². The highest BCUT2D eigenvalue weighted by atomic mass is 16.5. The fraction of sp³-hybridized carbons (Fsp3) is 0.400. The summed E-state index contributed by atoms with van der Waals surface area (Å²) in [5.74, 6) is -0.498. The summed E-state index contributed by atoms with van der Waals surface area (Å²) in [4.78, 5) is 40.2. The number of carbonyl (C=O) groups is 3. The number of hydrogen-bond acceptors (Lipinski definition) is 4. The normalized spacial score (nSPS) is 14.2. The standard InChI is InChI=1S/C25H30N2O4/c1-3-31-25(30)22-13-15-27(16-14-22)24(29)18-26(2)23(28)17-19-9-11-21(12-10-19)20-7-5-4-6-8-20/h4-12,22H,3,13-18H2,1-2H3. The van der Waals surface area contributed by atoms with Crippen molar-refractivity contribution >= 4 is 17.8 Å². The largest absolute Gasteiger partial charge is 0.466 e. The van der Waals surface area contributed by atoms with E-state index in [0.29, 0.717) is 32.5 Å². The van der Waals surface area contributed by atoms with Gasteiger partial charge >= 0.3 is 5.97 Å². The second-order valence-electron chi connectivity index (χ2n) is 7.90. The zero-order valence-corrected chi connectivity index (χ0v) is 18.3. The third-order valence-electron chi connectivity index (χ3n) is 5.68. The highest BCUT2D eigenvalue weighted by Gasteiger charge is 2.28. The van der Waals surface area contributed by atoms with Gasteiger partial charge in [-0.3, -0.25) is 14.4 Å². The minimum Gasteiger partial charge on any atom is -0.466 e. The van der Waals surface area contributed by atoms with Crippen molar-refractivity contribution in [3.05, 3.63) is 60.2 Å².